The van der Waals surface area contributed by atoms with Crippen molar-refractivity contribution >= 4 is 0 Å². The van der Waals surface area contributed by atoms with Gasteiger partial charge in [0.2, 0.25) is 0 Å². The fraction of sp³-hybridized carbons (Fsp3) is 0.235. The summed E-state index contributed by atoms with van der Waals surface area (Å²) in [7, 11) is 0. The molecule has 1 aromatic carbocycles. The first kappa shape index (κ1) is 15.0. The van der Waals surface area contributed by atoms with Crippen LogP contribution < -0.4 is 4.74 Å². The lowest BCUT2D eigenvalue weighted by molar-refractivity contribution is 0.242. The Labute approximate surface area is 133 Å². The first-order chi connectivity index (χ1) is 11.2. The zero-order valence-corrected chi connectivity index (χ0v) is 13.0. The average Bonchev–Trinajstić information content (AvgIpc) is 3.02. The van der Waals surface area contributed by atoms with Crippen LogP contribution in [0.25, 0.3) is 11.1 Å². The molecule has 0 amide bonds. The van der Waals surface area contributed by atoms with Crippen molar-refractivity contribution < 1.29 is 14.4 Å². The van der Waals surface area contributed by atoms with Crippen LogP contribution in [0.2, 0.25) is 0 Å². The third kappa shape index (κ3) is 3.31. The molecule has 3 aromatic rings. The minimum atomic E-state index is 0.169. The molecule has 2 aromatic heterocycles. The molecule has 23 heavy (non-hydrogen) atoms. The third-order valence-corrected chi connectivity index (χ3v) is 3.46. The van der Waals surface area contributed by atoms with E-state index in [1.165, 1.54) is 0 Å². The smallest absolute Gasteiger partial charge is 0.264 e. The minimum Gasteiger partial charge on any atom is -0.593 e. The van der Waals surface area contributed by atoms with Gasteiger partial charge in [-0.3, -0.25) is 4.98 Å². The van der Waals surface area contributed by atoms with Gasteiger partial charge in [0.15, 0.2) is 12.4 Å². The van der Waals surface area contributed by atoms with Gasteiger partial charge in [-0.1, -0.05) is 18.1 Å². The maximum atomic E-state index is 7.82. The number of aryl methyl sites for hydroxylation is 2. The van der Waals surface area contributed by atoms with Crippen LogP contribution in [0.1, 0.15) is 24.3 Å². The van der Waals surface area contributed by atoms with E-state index in [1.54, 1.807) is 18.3 Å². The highest BCUT2D eigenvalue weighted by Gasteiger charge is 2.13. The zero-order valence-electron chi connectivity index (χ0n) is 13.0. The highest BCUT2D eigenvalue weighted by atomic mass is 16.5. The monoisotopic (exact) mass is 312 g/mol. The predicted molar refractivity (Wildman–Crippen MR) is 85.5 cm³/mol. The average molecular weight is 312 g/mol. The van der Waals surface area contributed by atoms with Gasteiger partial charge in [-0.15, -0.1) is 0 Å². The standard InChI is InChI=1S/C17H17N3O3/c1-3-16-19-17(23-20-16)10-22-15-9-12(21)6-7-14(15)13-5-4-8-18-11(13)2/h4-9,21H,3,10H2,1-2H3/p+1. The SMILES string of the molecule is CCc1noc(COc2cc([OH2+])ccc2-c2cccnc2C)n1. The molecule has 0 unspecified atom stereocenters. The van der Waals surface area contributed by atoms with Gasteiger partial charge in [-0.25, -0.2) is 0 Å². The molecule has 2 N–H and O–H groups in total. The van der Waals surface area contributed by atoms with Crippen molar-refractivity contribution in [1.82, 2.24) is 15.1 Å². The fourth-order valence-electron chi connectivity index (χ4n) is 2.27. The Morgan fingerprint density at radius 1 is 1.22 bits per heavy atom. The first-order valence-corrected chi connectivity index (χ1v) is 7.39. The summed E-state index contributed by atoms with van der Waals surface area (Å²) in [5, 5.41) is 11.7. The lowest BCUT2D eigenvalue weighted by atomic mass is 10.0. The molecule has 6 nitrogen and oxygen atoms in total. The van der Waals surface area contributed by atoms with Gasteiger partial charge in [-0.2, -0.15) is 4.98 Å². The minimum absolute atomic E-state index is 0.169. The predicted octanol–water partition coefficient (Wildman–Crippen LogP) is 3.02. The van der Waals surface area contributed by atoms with Crippen LogP contribution >= 0.6 is 0 Å². The molecule has 0 bridgehead atoms. The van der Waals surface area contributed by atoms with E-state index in [1.807, 2.05) is 32.0 Å². The second-order valence-corrected chi connectivity index (χ2v) is 5.09. The maximum Gasteiger partial charge on any atom is 0.264 e. The number of hydrogen-bond donors (Lipinski definition) is 0. The highest BCUT2D eigenvalue weighted by Crippen LogP contribution is 2.34. The Kier molecular flexibility index (Phi) is 4.23. The number of benzene rings is 1. The van der Waals surface area contributed by atoms with E-state index in [0.29, 0.717) is 29.6 Å². The van der Waals surface area contributed by atoms with Crippen LogP contribution in [-0.4, -0.2) is 20.2 Å². The Morgan fingerprint density at radius 3 is 2.83 bits per heavy atom. The quantitative estimate of drug-likeness (QED) is 0.676. The summed E-state index contributed by atoms with van der Waals surface area (Å²) >= 11 is 0. The van der Waals surface area contributed by atoms with Gasteiger partial charge >= 0.3 is 0 Å². The molecule has 0 radical (unpaired) electrons. The number of ether oxygens (including phenoxy) is 1. The second-order valence-electron chi connectivity index (χ2n) is 5.09. The summed E-state index contributed by atoms with van der Waals surface area (Å²) in [5.41, 5.74) is 2.77. The highest BCUT2D eigenvalue weighted by molar-refractivity contribution is 5.73. The van der Waals surface area contributed by atoms with Gasteiger partial charge in [0.1, 0.15) is 5.75 Å². The van der Waals surface area contributed by atoms with Crippen LogP contribution in [0.5, 0.6) is 11.5 Å². The number of rotatable bonds is 5. The van der Waals surface area contributed by atoms with Crippen LogP contribution in [0.4, 0.5) is 0 Å². The van der Waals surface area contributed by atoms with E-state index in [2.05, 4.69) is 15.1 Å². The third-order valence-electron chi connectivity index (χ3n) is 3.46. The van der Waals surface area contributed by atoms with E-state index in [4.69, 9.17) is 14.4 Å². The number of nitrogens with zero attached hydrogens (tertiary/aromatic N) is 3. The van der Waals surface area contributed by atoms with Crippen LogP contribution in [-0.2, 0) is 13.0 Å². The topological polar surface area (TPSA) is 83.9 Å². The summed E-state index contributed by atoms with van der Waals surface area (Å²) in [5.74, 6) is 2.06. The Balaban J connectivity index is 1.89. The molecular weight excluding hydrogens is 294 g/mol. The molecule has 0 aliphatic heterocycles. The van der Waals surface area contributed by atoms with E-state index in [-0.39, 0.29) is 6.61 Å². The zero-order chi connectivity index (χ0) is 16.2. The van der Waals surface area contributed by atoms with Crippen molar-refractivity contribution in [2.24, 2.45) is 0 Å². The molecule has 6 heteroatoms. The summed E-state index contributed by atoms with van der Waals surface area (Å²) in [6.07, 6.45) is 2.47. The van der Waals surface area contributed by atoms with Crippen molar-refractivity contribution in [2.45, 2.75) is 26.9 Å². The summed E-state index contributed by atoms with van der Waals surface area (Å²) in [4.78, 5) is 8.53. The molecule has 0 fully saturated rings. The number of aromatic nitrogens is 3. The molecule has 0 atom stereocenters. The number of pyridine rings is 1. The second kappa shape index (κ2) is 6.48. The van der Waals surface area contributed by atoms with E-state index in [9.17, 15) is 0 Å². The van der Waals surface area contributed by atoms with Gasteiger partial charge in [0, 0.05) is 35.5 Å². The summed E-state index contributed by atoms with van der Waals surface area (Å²) in [6, 6.07) is 9.14. The van der Waals surface area contributed by atoms with Gasteiger partial charge in [0.05, 0.1) is 6.07 Å². The van der Waals surface area contributed by atoms with Gasteiger partial charge < -0.3 is 14.4 Å². The lowest BCUT2D eigenvalue weighted by Crippen LogP contribution is -1.98. The van der Waals surface area contributed by atoms with Crippen molar-refractivity contribution in [3.05, 3.63) is 53.9 Å². The molecule has 0 saturated heterocycles. The normalized spacial score (nSPS) is 10.7. The first-order valence-electron chi connectivity index (χ1n) is 7.39. The van der Waals surface area contributed by atoms with Gasteiger partial charge in [-0.05, 0) is 19.1 Å². The molecule has 0 aliphatic carbocycles. The van der Waals surface area contributed by atoms with Crippen molar-refractivity contribution in [2.75, 3.05) is 0 Å². The van der Waals surface area contributed by atoms with E-state index < -0.39 is 0 Å². The van der Waals surface area contributed by atoms with Crippen molar-refractivity contribution in [3.8, 4) is 22.6 Å². The molecule has 118 valence electrons. The van der Waals surface area contributed by atoms with Crippen LogP contribution in [0.15, 0.2) is 41.1 Å². The Morgan fingerprint density at radius 2 is 2.09 bits per heavy atom. The van der Waals surface area contributed by atoms with Crippen molar-refractivity contribution in [3.63, 3.8) is 0 Å². The van der Waals surface area contributed by atoms with Gasteiger partial charge in [0.25, 0.3) is 11.6 Å². The maximum absolute atomic E-state index is 7.82. The van der Waals surface area contributed by atoms with Crippen LogP contribution in [0.3, 0.4) is 0 Å². The molecule has 0 saturated carbocycles. The Bertz CT molecular complexity index is 814. The molecule has 2 heterocycles. The van der Waals surface area contributed by atoms with Crippen LogP contribution in [0, 0.1) is 6.92 Å². The van der Waals surface area contributed by atoms with E-state index in [0.717, 1.165) is 16.8 Å². The van der Waals surface area contributed by atoms with Crippen molar-refractivity contribution in [1.29, 1.82) is 0 Å². The fourth-order valence-corrected chi connectivity index (χ4v) is 2.27. The molecule has 0 spiro atoms. The molecule has 0 aliphatic rings. The molecule has 3 rings (SSSR count). The largest absolute Gasteiger partial charge is 0.593 e. The number of hydrogen-bond acceptors (Lipinski definition) is 5. The summed E-state index contributed by atoms with van der Waals surface area (Å²) in [6.45, 7) is 4.07. The Hall–Kier alpha value is -2.89. The lowest BCUT2D eigenvalue weighted by Gasteiger charge is -2.11. The summed E-state index contributed by atoms with van der Waals surface area (Å²) < 4.78 is 11.0. The molecular formula is C17H18N3O3+. The van der Waals surface area contributed by atoms with E-state index >= 15 is 0 Å².